The molecule has 2 amide bonds. The van der Waals surface area contributed by atoms with Crippen LogP contribution in [0.15, 0.2) is 23.1 Å². The van der Waals surface area contributed by atoms with Crippen LogP contribution in [-0.4, -0.2) is 80.7 Å². The van der Waals surface area contributed by atoms with Crippen molar-refractivity contribution in [1.29, 1.82) is 0 Å². The Morgan fingerprint density at radius 2 is 1.41 bits per heavy atom. The predicted octanol–water partition coefficient (Wildman–Crippen LogP) is 3.12. The number of piperidine rings is 2. The van der Waals surface area contributed by atoms with Crippen LogP contribution < -0.4 is 4.74 Å². The van der Waals surface area contributed by atoms with Gasteiger partial charge >= 0.3 is 0 Å². The molecular formula is C25H37N3O5S. The van der Waals surface area contributed by atoms with Crippen molar-refractivity contribution in [2.45, 2.75) is 62.7 Å². The zero-order valence-electron chi connectivity index (χ0n) is 20.2. The van der Waals surface area contributed by atoms with Gasteiger partial charge in [0.15, 0.2) is 0 Å². The largest absolute Gasteiger partial charge is 0.496 e. The summed E-state index contributed by atoms with van der Waals surface area (Å²) in [6.07, 6.45) is 8.37. The molecule has 34 heavy (non-hydrogen) atoms. The fourth-order valence-electron chi connectivity index (χ4n) is 5.32. The predicted molar refractivity (Wildman–Crippen MR) is 129 cm³/mol. The summed E-state index contributed by atoms with van der Waals surface area (Å²) in [7, 11) is -2.19. The SMILES string of the molecule is COc1ccc(S(=O)(=O)N2CCCCCC2)cc1C(=O)N1CCC(C(=O)N2CCCCC2)CC1. The third kappa shape index (κ3) is 5.40. The first-order valence-electron chi connectivity index (χ1n) is 12.7. The van der Waals surface area contributed by atoms with E-state index >= 15 is 0 Å². The van der Waals surface area contributed by atoms with Gasteiger partial charge in [0.05, 0.1) is 17.6 Å². The Morgan fingerprint density at radius 1 is 0.824 bits per heavy atom. The molecule has 3 saturated heterocycles. The summed E-state index contributed by atoms with van der Waals surface area (Å²) in [5, 5.41) is 0. The fourth-order valence-corrected chi connectivity index (χ4v) is 6.86. The maximum Gasteiger partial charge on any atom is 0.257 e. The van der Waals surface area contributed by atoms with Crippen LogP contribution in [0, 0.1) is 5.92 Å². The molecular weight excluding hydrogens is 454 g/mol. The number of ether oxygens (including phenoxy) is 1. The normalized spacial score (nSPS) is 21.2. The summed E-state index contributed by atoms with van der Waals surface area (Å²) in [5.41, 5.74) is 0.263. The summed E-state index contributed by atoms with van der Waals surface area (Å²) >= 11 is 0. The van der Waals surface area contributed by atoms with Gasteiger partial charge in [-0.2, -0.15) is 4.31 Å². The van der Waals surface area contributed by atoms with Crippen LogP contribution >= 0.6 is 0 Å². The van der Waals surface area contributed by atoms with Crippen molar-refractivity contribution < 1.29 is 22.7 Å². The highest BCUT2D eigenvalue weighted by molar-refractivity contribution is 7.89. The second kappa shape index (κ2) is 11.1. The Labute approximate surface area is 203 Å². The number of carbonyl (C=O) groups is 2. The lowest BCUT2D eigenvalue weighted by Crippen LogP contribution is -2.45. The van der Waals surface area contributed by atoms with Crippen LogP contribution in [0.1, 0.15) is 68.1 Å². The van der Waals surface area contributed by atoms with Crippen molar-refractivity contribution in [2.75, 3.05) is 46.4 Å². The van der Waals surface area contributed by atoms with Crippen molar-refractivity contribution in [3.8, 4) is 5.75 Å². The lowest BCUT2D eigenvalue weighted by molar-refractivity contribution is -0.137. The first-order chi connectivity index (χ1) is 16.4. The van der Waals surface area contributed by atoms with Crippen molar-refractivity contribution in [3.63, 3.8) is 0 Å². The van der Waals surface area contributed by atoms with Gasteiger partial charge in [-0.15, -0.1) is 0 Å². The van der Waals surface area contributed by atoms with Gasteiger partial charge in [-0.05, 0) is 63.1 Å². The van der Waals surface area contributed by atoms with Gasteiger partial charge in [0, 0.05) is 45.2 Å². The maximum atomic E-state index is 13.4. The smallest absolute Gasteiger partial charge is 0.257 e. The van der Waals surface area contributed by atoms with Crippen LogP contribution in [0.2, 0.25) is 0 Å². The molecule has 0 saturated carbocycles. The molecule has 3 fully saturated rings. The highest BCUT2D eigenvalue weighted by Crippen LogP contribution is 2.29. The molecule has 0 unspecified atom stereocenters. The van der Waals surface area contributed by atoms with Crippen LogP contribution in [0.4, 0.5) is 0 Å². The number of hydrogen-bond acceptors (Lipinski definition) is 5. The van der Waals surface area contributed by atoms with E-state index in [-0.39, 0.29) is 28.2 Å². The van der Waals surface area contributed by atoms with Crippen molar-refractivity contribution >= 4 is 21.8 Å². The van der Waals surface area contributed by atoms with Gasteiger partial charge in [0.1, 0.15) is 5.75 Å². The number of sulfonamides is 1. The Balaban J connectivity index is 1.47. The van der Waals surface area contributed by atoms with E-state index in [9.17, 15) is 18.0 Å². The molecule has 1 aromatic rings. The lowest BCUT2D eigenvalue weighted by atomic mass is 9.94. The number of methoxy groups -OCH3 is 1. The third-order valence-electron chi connectivity index (χ3n) is 7.40. The second-order valence-corrected chi connectivity index (χ2v) is 11.6. The summed E-state index contributed by atoms with van der Waals surface area (Å²) in [5.74, 6) is 0.300. The monoisotopic (exact) mass is 491 g/mol. The average molecular weight is 492 g/mol. The molecule has 0 aliphatic carbocycles. The molecule has 1 aromatic carbocycles. The van der Waals surface area contributed by atoms with Gasteiger partial charge in [-0.1, -0.05) is 12.8 Å². The number of likely N-dealkylation sites (tertiary alicyclic amines) is 2. The summed E-state index contributed by atoms with van der Waals surface area (Å²) < 4.78 is 33.5. The Bertz CT molecular complexity index is 974. The van der Waals surface area contributed by atoms with E-state index in [0.717, 1.165) is 51.6 Å². The summed E-state index contributed by atoms with van der Waals surface area (Å²) in [4.78, 5) is 30.1. The molecule has 0 bridgehead atoms. The van der Waals surface area contributed by atoms with E-state index < -0.39 is 10.0 Å². The van der Waals surface area contributed by atoms with E-state index in [1.165, 1.54) is 30.0 Å². The number of rotatable bonds is 5. The van der Waals surface area contributed by atoms with Crippen LogP contribution in [0.25, 0.3) is 0 Å². The molecule has 0 aromatic heterocycles. The molecule has 0 radical (unpaired) electrons. The minimum Gasteiger partial charge on any atom is -0.496 e. The third-order valence-corrected chi connectivity index (χ3v) is 9.30. The van der Waals surface area contributed by atoms with Gasteiger partial charge in [0.2, 0.25) is 15.9 Å². The first kappa shape index (κ1) is 25.0. The van der Waals surface area contributed by atoms with E-state index in [2.05, 4.69) is 0 Å². The number of nitrogens with zero attached hydrogens (tertiary/aromatic N) is 3. The highest BCUT2D eigenvalue weighted by atomic mass is 32.2. The topological polar surface area (TPSA) is 87.2 Å². The molecule has 0 spiro atoms. The Kier molecular flexibility index (Phi) is 8.14. The highest BCUT2D eigenvalue weighted by Gasteiger charge is 2.33. The molecule has 3 aliphatic rings. The lowest BCUT2D eigenvalue weighted by Gasteiger charge is -2.35. The molecule has 3 heterocycles. The van der Waals surface area contributed by atoms with Gasteiger partial charge < -0.3 is 14.5 Å². The molecule has 9 heteroatoms. The van der Waals surface area contributed by atoms with E-state index in [4.69, 9.17) is 4.74 Å². The average Bonchev–Trinajstić information content (AvgIpc) is 3.18. The van der Waals surface area contributed by atoms with Crippen LogP contribution in [0.5, 0.6) is 5.75 Å². The number of amides is 2. The number of hydrogen-bond donors (Lipinski definition) is 0. The Hall–Kier alpha value is -2.13. The minimum absolute atomic E-state index is 0.0428. The molecule has 3 aliphatic heterocycles. The van der Waals surface area contributed by atoms with E-state index in [1.54, 1.807) is 11.0 Å². The zero-order chi connectivity index (χ0) is 24.1. The fraction of sp³-hybridized carbons (Fsp3) is 0.680. The van der Waals surface area contributed by atoms with Crippen LogP contribution in [-0.2, 0) is 14.8 Å². The summed E-state index contributed by atoms with van der Waals surface area (Å²) in [6.45, 7) is 3.66. The molecule has 0 N–H and O–H groups in total. The van der Waals surface area contributed by atoms with Gasteiger partial charge in [-0.3, -0.25) is 9.59 Å². The number of carbonyl (C=O) groups excluding carboxylic acids is 2. The van der Waals surface area contributed by atoms with Gasteiger partial charge in [0.25, 0.3) is 5.91 Å². The molecule has 188 valence electrons. The van der Waals surface area contributed by atoms with Crippen LogP contribution in [0.3, 0.4) is 0 Å². The Morgan fingerprint density at radius 3 is 2.03 bits per heavy atom. The van der Waals surface area contributed by atoms with E-state index in [0.29, 0.717) is 44.8 Å². The van der Waals surface area contributed by atoms with Crippen molar-refractivity contribution in [2.24, 2.45) is 5.92 Å². The molecule has 0 atom stereocenters. The van der Waals surface area contributed by atoms with E-state index in [1.807, 2.05) is 4.90 Å². The first-order valence-corrected chi connectivity index (χ1v) is 14.1. The van der Waals surface area contributed by atoms with Gasteiger partial charge in [-0.25, -0.2) is 8.42 Å². The second-order valence-electron chi connectivity index (χ2n) is 9.63. The minimum atomic E-state index is -3.67. The van der Waals surface area contributed by atoms with Crippen molar-refractivity contribution in [3.05, 3.63) is 23.8 Å². The maximum absolute atomic E-state index is 13.4. The molecule has 8 nitrogen and oxygen atoms in total. The standard InChI is InChI=1S/C25H37N3O5S/c1-33-23-10-9-21(34(31,32)28-15-7-2-3-8-16-28)19-22(23)25(30)27-17-11-20(12-18-27)24(29)26-13-5-4-6-14-26/h9-10,19-20H,2-8,11-18H2,1H3. The zero-order valence-corrected chi connectivity index (χ0v) is 21.0. The molecule has 4 rings (SSSR count). The quantitative estimate of drug-likeness (QED) is 0.632. The van der Waals surface area contributed by atoms with Crippen molar-refractivity contribution in [1.82, 2.24) is 14.1 Å². The number of benzene rings is 1. The summed E-state index contributed by atoms with van der Waals surface area (Å²) in [6, 6.07) is 4.57.